The van der Waals surface area contributed by atoms with Gasteiger partial charge in [-0.1, -0.05) is 54.6 Å². The molecule has 0 fully saturated rings. The van der Waals surface area contributed by atoms with Gasteiger partial charge in [-0.2, -0.15) is 0 Å². The van der Waals surface area contributed by atoms with Crippen LogP contribution in [0.5, 0.6) is 11.5 Å². The molecule has 1 heterocycles. The minimum Gasteiger partial charge on any atom is -0.488 e. The molecule has 0 unspecified atom stereocenters. The van der Waals surface area contributed by atoms with E-state index in [0.717, 1.165) is 22.3 Å². The van der Waals surface area contributed by atoms with Crippen LogP contribution < -0.4 is 9.47 Å². The Morgan fingerprint density at radius 2 is 1.48 bits per heavy atom. The van der Waals surface area contributed by atoms with Crippen molar-refractivity contribution in [2.45, 2.75) is 27.1 Å². The van der Waals surface area contributed by atoms with E-state index >= 15 is 0 Å². The van der Waals surface area contributed by atoms with Gasteiger partial charge in [0, 0.05) is 5.56 Å². The highest BCUT2D eigenvalue weighted by Crippen LogP contribution is 2.30. The van der Waals surface area contributed by atoms with Crippen LogP contribution in [-0.2, 0) is 13.2 Å². The van der Waals surface area contributed by atoms with Gasteiger partial charge < -0.3 is 14.6 Å². The second-order valence-corrected chi connectivity index (χ2v) is 7.75. The van der Waals surface area contributed by atoms with Crippen molar-refractivity contribution in [2.75, 3.05) is 0 Å². The fourth-order valence-electron chi connectivity index (χ4n) is 3.52. The zero-order chi connectivity index (χ0) is 23.2. The molecular formula is C28H25NO4. The van der Waals surface area contributed by atoms with E-state index in [2.05, 4.69) is 4.98 Å². The highest BCUT2D eigenvalue weighted by molar-refractivity contribution is 5.89. The van der Waals surface area contributed by atoms with Crippen LogP contribution in [-0.4, -0.2) is 16.1 Å². The minimum atomic E-state index is -1.04. The molecule has 5 heteroatoms. The first kappa shape index (κ1) is 22.1. The van der Waals surface area contributed by atoms with E-state index in [9.17, 15) is 9.90 Å². The number of benzene rings is 3. The lowest BCUT2D eigenvalue weighted by molar-refractivity contribution is 0.0693. The molecule has 5 nitrogen and oxygen atoms in total. The third-order valence-corrected chi connectivity index (χ3v) is 5.52. The maximum absolute atomic E-state index is 11.8. The second-order valence-electron chi connectivity index (χ2n) is 7.75. The molecule has 0 radical (unpaired) electrons. The number of carboxylic acids is 1. The first-order valence-electron chi connectivity index (χ1n) is 10.7. The van der Waals surface area contributed by atoms with E-state index in [0.29, 0.717) is 29.5 Å². The predicted octanol–water partition coefficient (Wildman–Crippen LogP) is 6.22. The van der Waals surface area contributed by atoms with Gasteiger partial charge in [-0.15, -0.1) is 0 Å². The van der Waals surface area contributed by atoms with Gasteiger partial charge in [0.25, 0.3) is 0 Å². The highest BCUT2D eigenvalue weighted by Gasteiger charge is 2.16. The van der Waals surface area contributed by atoms with Gasteiger partial charge in [0.15, 0.2) is 0 Å². The topological polar surface area (TPSA) is 68.7 Å². The van der Waals surface area contributed by atoms with Crippen molar-refractivity contribution < 1.29 is 19.4 Å². The molecule has 4 rings (SSSR count). The molecule has 3 aromatic carbocycles. The summed E-state index contributed by atoms with van der Waals surface area (Å²) in [6.45, 7) is 4.46. The van der Waals surface area contributed by atoms with Crippen molar-refractivity contribution in [1.29, 1.82) is 0 Å². The van der Waals surface area contributed by atoms with Gasteiger partial charge in [0.2, 0.25) is 0 Å². The second kappa shape index (κ2) is 10.0. The molecule has 0 bridgehead atoms. The SMILES string of the molecule is Cc1cccc(OCc2nc(-c3ccccc3OCc3ccccc3)ccc2C(=O)O)c1C. The van der Waals surface area contributed by atoms with Crippen molar-refractivity contribution in [2.24, 2.45) is 0 Å². The molecule has 1 N–H and O–H groups in total. The smallest absolute Gasteiger partial charge is 0.337 e. The number of para-hydroxylation sites is 1. The normalized spacial score (nSPS) is 10.6. The Morgan fingerprint density at radius 3 is 2.27 bits per heavy atom. The molecule has 0 aliphatic rings. The molecular weight excluding hydrogens is 414 g/mol. The Kier molecular flexibility index (Phi) is 6.69. The van der Waals surface area contributed by atoms with E-state index < -0.39 is 5.97 Å². The molecule has 4 aromatic rings. The Hall–Kier alpha value is -4.12. The van der Waals surface area contributed by atoms with E-state index in [4.69, 9.17) is 9.47 Å². The fraction of sp³-hybridized carbons (Fsp3) is 0.143. The lowest BCUT2D eigenvalue weighted by atomic mass is 10.1. The molecule has 0 saturated heterocycles. The summed E-state index contributed by atoms with van der Waals surface area (Å²) in [4.78, 5) is 16.5. The van der Waals surface area contributed by atoms with Crippen LogP contribution in [0.4, 0.5) is 0 Å². The lowest BCUT2D eigenvalue weighted by Gasteiger charge is -2.14. The summed E-state index contributed by atoms with van der Waals surface area (Å²) in [6.07, 6.45) is 0. The zero-order valence-electron chi connectivity index (χ0n) is 18.6. The molecule has 0 amide bonds. The first-order valence-corrected chi connectivity index (χ1v) is 10.7. The molecule has 0 spiro atoms. The molecule has 1 aromatic heterocycles. The van der Waals surface area contributed by atoms with Crippen LogP contribution in [0.3, 0.4) is 0 Å². The minimum absolute atomic E-state index is 0.0484. The highest BCUT2D eigenvalue weighted by atomic mass is 16.5. The van der Waals surface area contributed by atoms with Gasteiger partial charge in [0.1, 0.15) is 24.7 Å². The van der Waals surface area contributed by atoms with Crippen molar-refractivity contribution >= 4 is 5.97 Å². The fourth-order valence-corrected chi connectivity index (χ4v) is 3.52. The summed E-state index contributed by atoms with van der Waals surface area (Å²) in [7, 11) is 0. The van der Waals surface area contributed by atoms with Crippen molar-refractivity contribution in [3.63, 3.8) is 0 Å². The number of hydrogen-bond donors (Lipinski definition) is 1. The van der Waals surface area contributed by atoms with E-state index in [1.165, 1.54) is 0 Å². The third-order valence-electron chi connectivity index (χ3n) is 5.52. The van der Waals surface area contributed by atoms with Crippen LogP contribution in [0.25, 0.3) is 11.3 Å². The summed E-state index contributed by atoms with van der Waals surface area (Å²) in [6, 6.07) is 26.6. The maximum Gasteiger partial charge on any atom is 0.337 e. The van der Waals surface area contributed by atoms with Crippen LogP contribution in [0.1, 0.15) is 32.7 Å². The summed E-state index contributed by atoms with van der Waals surface area (Å²) >= 11 is 0. The molecule has 0 saturated carbocycles. The van der Waals surface area contributed by atoms with Crippen molar-refractivity contribution in [3.8, 4) is 22.8 Å². The van der Waals surface area contributed by atoms with Crippen LogP contribution in [0.2, 0.25) is 0 Å². The number of aryl methyl sites for hydroxylation is 1. The maximum atomic E-state index is 11.8. The molecule has 33 heavy (non-hydrogen) atoms. The number of aromatic nitrogens is 1. The van der Waals surface area contributed by atoms with Gasteiger partial charge in [0.05, 0.1) is 17.0 Å². The first-order chi connectivity index (χ1) is 16.0. The Bertz CT molecular complexity index is 1270. The Morgan fingerprint density at radius 1 is 0.788 bits per heavy atom. The van der Waals surface area contributed by atoms with Gasteiger partial charge in [-0.05, 0) is 60.9 Å². The predicted molar refractivity (Wildman–Crippen MR) is 128 cm³/mol. The van der Waals surface area contributed by atoms with E-state index in [1.807, 2.05) is 86.6 Å². The van der Waals surface area contributed by atoms with Crippen LogP contribution in [0, 0.1) is 13.8 Å². The lowest BCUT2D eigenvalue weighted by Crippen LogP contribution is -2.09. The molecule has 0 atom stereocenters. The van der Waals surface area contributed by atoms with Crippen molar-refractivity contribution in [1.82, 2.24) is 4.98 Å². The zero-order valence-corrected chi connectivity index (χ0v) is 18.6. The summed E-state index contributed by atoms with van der Waals surface area (Å²) in [5, 5.41) is 9.67. The Labute approximate surface area is 193 Å². The third kappa shape index (κ3) is 5.21. The average molecular weight is 440 g/mol. The molecule has 0 aliphatic heterocycles. The quantitative estimate of drug-likeness (QED) is 0.353. The number of carbonyl (C=O) groups is 1. The number of pyridine rings is 1. The summed E-state index contributed by atoms with van der Waals surface area (Å²) in [5.41, 5.74) is 5.08. The standard InChI is InChI=1S/C28H25NO4/c1-19-9-8-14-26(20(19)2)33-18-25-23(28(30)31)15-16-24(29-25)22-12-6-7-13-27(22)32-17-21-10-4-3-5-11-21/h3-16H,17-18H2,1-2H3,(H,30,31). The van der Waals surface area contributed by atoms with Crippen molar-refractivity contribution in [3.05, 3.63) is 113 Å². The van der Waals surface area contributed by atoms with Gasteiger partial charge >= 0.3 is 5.97 Å². The van der Waals surface area contributed by atoms with Gasteiger partial charge in [-0.3, -0.25) is 0 Å². The summed E-state index contributed by atoms with van der Waals surface area (Å²) < 4.78 is 12.0. The monoisotopic (exact) mass is 439 g/mol. The largest absolute Gasteiger partial charge is 0.488 e. The average Bonchev–Trinajstić information content (AvgIpc) is 2.84. The molecule has 166 valence electrons. The number of carboxylic acid groups (broad SMARTS) is 1. The number of nitrogens with zero attached hydrogens (tertiary/aromatic N) is 1. The van der Waals surface area contributed by atoms with Crippen LogP contribution >= 0.6 is 0 Å². The summed E-state index contributed by atoms with van der Waals surface area (Å²) in [5.74, 6) is 0.352. The number of ether oxygens (including phenoxy) is 2. The Balaban J connectivity index is 1.62. The number of hydrogen-bond acceptors (Lipinski definition) is 4. The van der Waals surface area contributed by atoms with Gasteiger partial charge in [-0.25, -0.2) is 9.78 Å². The van der Waals surface area contributed by atoms with E-state index in [-0.39, 0.29) is 12.2 Å². The number of rotatable bonds is 8. The number of aromatic carboxylic acids is 1. The van der Waals surface area contributed by atoms with Crippen LogP contribution in [0.15, 0.2) is 84.9 Å². The molecule has 0 aliphatic carbocycles. The van der Waals surface area contributed by atoms with E-state index in [1.54, 1.807) is 12.1 Å².